The lowest BCUT2D eigenvalue weighted by Crippen LogP contribution is -2.24. The maximum absolute atomic E-state index is 12.1. The van der Waals surface area contributed by atoms with Crippen molar-refractivity contribution in [1.29, 1.82) is 0 Å². The van der Waals surface area contributed by atoms with Gasteiger partial charge in [-0.3, -0.25) is 9.59 Å². The molecule has 22 heavy (non-hydrogen) atoms. The van der Waals surface area contributed by atoms with Crippen LogP contribution >= 0.6 is 0 Å². The van der Waals surface area contributed by atoms with Crippen LogP contribution in [0.15, 0.2) is 18.2 Å². The molecule has 0 unspecified atom stereocenters. The summed E-state index contributed by atoms with van der Waals surface area (Å²) in [6.07, 6.45) is 4.72. The summed E-state index contributed by atoms with van der Waals surface area (Å²) in [5.41, 5.74) is 8.39. The second-order valence-electron chi connectivity index (χ2n) is 5.78. The van der Waals surface area contributed by atoms with Crippen molar-refractivity contribution in [3.63, 3.8) is 0 Å². The number of nitrogens with one attached hydrogen (secondary N) is 1. The van der Waals surface area contributed by atoms with Crippen LogP contribution in [-0.4, -0.2) is 24.8 Å². The number of benzene rings is 1. The van der Waals surface area contributed by atoms with Gasteiger partial charge in [0.25, 0.3) is 0 Å². The summed E-state index contributed by atoms with van der Waals surface area (Å²) >= 11 is 0. The summed E-state index contributed by atoms with van der Waals surface area (Å²) in [5.74, 6) is -0.0165. The first-order chi connectivity index (χ1) is 10.5. The lowest BCUT2D eigenvalue weighted by Gasteiger charge is -2.06. The Hall–Kier alpha value is -1.68. The minimum Gasteiger partial charge on any atom is -0.356 e. The second kappa shape index (κ2) is 10.1. The Morgan fingerprint density at radius 3 is 2.41 bits per heavy atom. The van der Waals surface area contributed by atoms with Gasteiger partial charge < -0.3 is 11.1 Å². The van der Waals surface area contributed by atoms with E-state index < -0.39 is 0 Å². The number of Topliss-reactive ketones (excluding diaryl/α,β-unsaturated/α-hetero) is 1. The molecule has 0 aliphatic heterocycles. The molecule has 4 heteroatoms. The zero-order valence-corrected chi connectivity index (χ0v) is 13.8. The van der Waals surface area contributed by atoms with Crippen molar-refractivity contribution < 1.29 is 9.59 Å². The van der Waals surface area contributed by atoms with E-state index >= 15 is 0 Å². The summed E-state index contributed by atoms with van der Waals surface area (Å²) in [5, 5.41) is 2.86. The highest BCUT2D eigenvalue weighted by Gasteiger charge is 2.09. The summed E-state index contributed by atoms with van der Waals surface area (Å²) < 4.78 is 0. The maximum Gasteiger partial charge on any atom is 0.220 e. The number of unbranched alkanes of at least 4 members (excludes halogenated alkanes) is 3. The molecule has 0 saturated heterocycles. The third kappa shape index (κ3) is 6.85. The van der Waals surface area contributed by atoms with Gasteiger partial charge in [-0.15, -0.1) is 0 Å². The van der Waals surface area contributed by atoms with Gasteiger partial charge in [0.1, 0.15) is 0 Å². The molecule has 0 heterocycles. The fourth-order valence-corrected chi connectivity index (χ4v) is 2.23. The number of amides is 1. The van der Waals surface area contributed by atoms with Crippen molar-refractivity contribution in [2.24, 2.45) is 5.73 Å². The summed E-state index contributed by atoms with van der Waals surface area (Å²) in [6, 6.07) is 5.68. The number of rotatable bonds is 10. The maximum atomic E-state index is 12.1. The molecule has 0 fully saturated rings. The quantitative estimate of drug-likeness (QED) is 0.515. The van der Waals surface area contributed by atoms with Crippen LogP contribution in [0.2, 0.25) is 0 Å². The largest absolute Gasteiger partial charge is 0.356 e. The minimum atomic E-state index is -0.0454. The molecule has 1 rings (SSSR count). The molecule has 1 aromatic rings. The third-order valence-corrected chi connectivity index (χ3v) is 3.86. The molecule has 0 saturated carbocycles. The van der Waals surface area contributed by atoms with Gasteiger partial charge in [0, 0.05) is 24.9 Å². The third-order valence-electron chi connectivity index (χ3n) is 3.86. The molecule has 0 aliphatic carbocycles. The van der Waals surface area contributed by atoms with Crippen molar-refractivity contribution in [3.05, 3.63) is 34.9 Å². The van der Waals surface area contributed by atoms with E-state index in [4.69, 9.17) is 5.73 Å². The monoisotopic (exact) mass is 304 g/mol. The molecule has 122 valence electrons. The van der Waals surface area contributed by atoms with Crippen molar-refractivity contribution in [2.45, 2.75) is 52.4 Å². The van der Waals surface area contributed by atoms with Crippen LogP contribution < -0.4 is 11.1 Å². The molecule has 0 aliphatic rings. The molecule has 1 aromatic carbocycles. The molecule has 4 nitrogen and oxygen atoms in total. The van der Waals surface area contributed by atoms with E-state index in [1.165, 1.54) is 5.56 Å². The minimum absolute atomic E-state index is 0.0289. The van der Waals surface area contributed by atoms with Crippen molar-refractivity contribution in [3.8, 4) is 0 Å². The number of carbonyl (C=O) groups excluding carboxylic acids is 2. The molecule has 1 amide bonds. The smallest absolute Gasteiger partial charge is 0.220 e. The van der Waals surface area contributed by atoms with Crippen LogP contribution in [0.5, 0.6) is 0 Å². The van der Waals surface area contributed by atoms with Gasteiger partial charge in [-0.25, -0.2) is 0 Å². The Labute approximate surface area is 133 Å². The lowest BCUT2D eigenvalue weighted by molar-refractivity contribution is -0.121. The van der Waals surface area contributed by atoms with Gasteiger partial charge in [0.05, 0.1) is 0 Å². The molecule has 0 radical (unpaired) electrons. The topological polar surface area (TPSA) is 72.2 Å². The Morgan fingerprint density at radius 1 is 1.00 bits per heavy atom. The van der Waals surface area contributed by atoms with Gasteiger partial charge in [-0.05, 0) is 50.4 Å². The molecule has 0 bridgehead atoms. The highest BCUT2D eigenvalue weighted by Crippen LogP contribution is 2.12. The predicted octanol–water partition coefficient (Wildman–Crippen LogP) is 2.90. The highest BCUT2D eigenvalue weighted by molar-refractivity contribution is 5.98. The zero-order chi connectivity index (χ0) is 16.4. The highest BCUT2D eigenvalue weighted by atomic mass is 16.2. The molecule has 3 N–H and O–H groups in total. The first kappa shape index (κ1) is 18.4. The summed E-state index contributed by atoms with van der Waals surface area (Å²) in [7, 11) is 0. The van der Waals surface area contributed by atoms with Gasteiger partial charge >= 0.3 is 0 Å². The fraction of sp³-hybridized carbons (Fsp3) is 0.556. The van der Waals surface area contributed by atoms with Gasteiger partial charge in [-0.2, -0.15) is 0 Å². The van der Waals surface area contributed by atoms with E-state index in [1.54, 1.807) is 0 Å². The van der Waals surface area contributed by atoms with Crippen LogP contribution in [0, 0.1) is 13.8 Å². The molecular weight excluding hydrogens is 276 g/mol. The van der Waals surface area contributed by atoms with E-state index in [2.05, 4.69) is 5.32 Å². The number of aryl methyl sites for hydroxylation is 2. The van der Waals surface area contributed by atoms with Gasteiger partial charge in [0.15, 0.2) is 5.78 Å². The van der Waals surface area contributed by atoms with Gasteiger partial charge in [-0.1, -0.05) is 25.0 Å². The first-order valence-electron chi connectivity index (χ1n) is 8.12. The second-order valence-corrected chi connectivity index (χ2v) is 5.78. The Morgan fingerprint density at radius 2 is 1.73 bits per heavy atom. The summed E-state index contributed by atoms with van der Waals surface area (Å²) in [6.45, 7) is 5.42. The van der Waals surface area contributed by atoms with Crippen molar-refractivity contribution in [2.75, 3.05) is 13.1 Å². The van der Waals surface area contributed by atoms with Crippen LogP contribution in [0.4, 0.5) is 0 Å². The van der Waals surface area contributed by atoms with E-state index in [0.717, 1.165) is 37.8 Å². The molecular formula is C18H28N2O2. The van der Waals surface area contributed by atoms with Crippen molar-refractivity contribution in [1.82, 2.24) is 5.32 Å². The Balaban J connectivity index is 2.23. The zero-order valence-electron chi connectivity index (χ0n) is 13.8. The Bertz CT molecular complexity index is 498. The van der Waals surface area contributed by atoms with Crippen LogP contribution in [0.25, 0.3) is 0 Å². The standard InChI is InChI=1S/C18H28N2O2/c1-14-7-8-16(13-15(14)2)17(21)9-10-18(22)20-12-6-4-3-5-11-19/h7-8,13H,3-6,9-12,19H2,1-2H3,(H,20,22). The van der Waals surface area contributed by atoms with E-state index in [9.17, 15) is 9.59 Å². The van der Waals surface area contributed by atoms with Crippen LogP contribution in [0.1, 0.15) is 60.0 Å². The average Bonchev–Trinajstić information content (AvgIpc) is 2.51. The number of hydrogen-bond acceptors (Lipinski definition) is 3. The van der Waals surface area contributed by atoms with E-state index in [0.29, 0.717) is 12.1 Å². The predicted molar refractivity (Wildman–Crippen MR) is 90.0 cm³/mol. The SMILES string of the molecule is Cc1ccc(C(=O)CCC(=O)NCCCCCCN)cc1C. The molecule has 0 atom stereocenters. The van der Waals surface area contributed by atoms with E-state index in [1.807, 2.05) is 32.0 Å². The fourth-order valence-electron chi connectivity index (χ4n) is 2.23. The average molecular weight is 304 g/mol. The number of ketones is 1. The van der Waals surface area contributed by atoms with Gasteiger partial charge in [0.2, 0.25) is 5.91 Å². The number of hydrogen-bond donors (Lipinski definition) is 2. The van der Waals surface area contributed by atoms with Crippen LogP contribution in [0.3, 0.4) is 0 Å². The Kier molecular flexibility index (Phi) is 8.44. The summed E-state index contributed by atoms with van der Waals surface area (Å²) in [4.78, 5) is 23.8. The van der Waals surface area contributed by atoms with E-state index in [-0.39, 0.29) is 24.5 Å². The first-order valence-corrected chi connectivity index (χ1v) is 8.12. The van der Waals surface area contributed by atoms with Crippen LogP contribution in [-0.2, 0) is 4.79 Å². The lowest BCUT2D eigenvalue weighted by atomic mass is 10.0. The normalized spacial score (nSPS) is 10.5. The number of nitrogens with two attached hydrogens (primary N) is 1. The molecule has 0 aromatic heterocycles. The number of carbonyl (C=O) groups is 2. The molecule has 0 spiro atoms. The van der Waals surface area contributed by atoms with Crippen molar-refractivity contribution >= 4 is 11.7 Å².